The zero-order valence-corrected chi connectivity index (χ0v) is 13.4. The van der Waals surface area contributed by atoms with Gasteiger partial charge < -0.3 is 11.1 Å². The van der Waals surface area contributed by atoms with Gasteiger partial charge in [-0.05, 0) is 47.3 Å². The van der Waals surface area contributed by atoms with E-state index in [4.69, 9.17) is 5.73 Å². The molecule has 0 aliphatic rings. The number of hydrogen-bond acceptors (Lipinski definition) is 3. The molecule has 5 heteroatoms. The highest BCUT2D eigenvalue weighted by Gasteiger charge is 2.32. The summed E-state index contributed by atoms with van der Waals surface area (Å²) in [7, 11) is 0. The lowest BCUT2D eigenvalue weighted by molar-refractivity contribution is -0.130. The van der Waals surface area contributed by atoms with E-state index in [9.17, 15) is 4.79 Å². The Morgan fingerprint density at radius 3 is 2.56 bits per heavy atom. The van der Waals surface area contributed by atoms with Crippen molar-refractivity contribution in [3.8, 4) is 0 Å². The predicted octanol–water partition coefficient (Wildman–Crippen LogP) is 2.93. The largest absolute Gasteiger partial charge is 0.355 e. The molecule has 1 rings (SSSR count). The van der Waals surface area contributed by atoms with Crippen molar-refractivity contribution in [1.82, 2.24) is 5.32 Å². The van der Waals surface area contributed by atoms with Crippen LogP contribution in [-0.2, 0) is 11.2 Å². The number of amides is 1. The van der Waals surface area contributed by atoms with Crippen LogP contribution >= 0.6 is 27.3 Å². The van der Waals surface area contributed by atoms with E-state index in [-0.39, 0.29) is 5.91 Å². The second-order valence-corrected chi connectivity index (χ2v) is 6.95. The van der Waals surface area contributed by atoms with Crippen molar-refractivity contribution in [3.63, 3.8) is 0 Å². The van der Waals surface area contributed by atoms with Crippen molar-refractivity contribution in [1.29, 1.82) is 0 Å². The molecule has 1 aromatic heterocycles. The molecule has 0 radical (unpaired) electrons. The molecule has 0 bridgehead atoms. The second kappa shape index (κ2) is 7.26. The smallest absolute Gasteiger partial charge is 0.227 e. The summed E-state index contributed by atoms with van der Waals surface area (Å²) < 4.78 is 1.13. The van der Waals surface area contributed by atoms with Crippen LogP contribution < -0.4 is 11.1 Å². The number of hydrogen-bond donors (Lipinski definition) is 2. The molecular weight excluding hydrogens is 312 g/mol. The van der Waals surface area contributed by atoms with Gasteiger partial charge in [-0.25, -0.2) is 0 Å². The van der Waals surface area contributed by atoms with Crippen LogP contribution in [0.15, 0.2) is 15.9 Å². The number of carbonyl (C=O) groups excluding carboxylic acids is 1. The molecule has 0 aliphatic carbocycles. The molecule has 3 N–H and O–H groups in total. The van der Waals surface area contributed by atoms with Crippen LogP contribution in [0, 0.1) is 5.41 Å². The Bertz CT molecular complexity index is 380. The van der Waals surface area contributed by atoms with E-state index in [1.54, 1.807) is 11.3 Å². The Labute approximate surface area is 121 Å². The first-order chi connectivity index (χ1) is 8.57. The van der Waals surface area contributed by atoms with Gasteiger partial charge in [0.05, 0.1) is 9.20 Å². The molecule has 0 saturated carbocycles. The van der Waals surface area contributed by atoms with E-state index in [0.29, 0.717) is 13.1 Å². The maximum absolute atomic E-state index is 12.2. The van der Waals surface area contributed by atoms with Gasteiger partial charge in [-0.15, -0.1) is 11.3 Å². The highest BCUT2D eigenvalue weighted by Crippen LogP contribution is 2.25. The Balaban J connectivity index is 2.45. The molecule has 0 aliphatic heterocycles. The van der Waals surface area contributed by atoms with Crippen LogP contribution in [0.3, 0.4) is 0 Å². The molecule has 3 nitrogen and oxygen atoms in total. The first-order valence-corrected chi connectivity index (χ1v) is 7.91. The summed E-state index contributed by atoms with van der Waals surface area (Å²) in [5.41, 5.74) is 5.36. The highest BCUT2D eigenvalue weighted by molar-refractivity contribution is 9.11. The molecule has 0 saturated heterocycles. The van der Waals surface area contributed by atoms with Gasteiger partial charge in [-0.3, -0.25) is 4.79 Å². The van der Waals surface area contributed by atoms with Gasteiger partial charge in [0.15, 0.2) is 0 Å². The average Bonchev–Trinajstić information content (AvgIpc) is 2.78. The normalized spacial score (nSPS) is 11.6. The van der Waals surface area contributed by atoms with E-state index in [1.165, 1.54) is 4.88 Å². The topological polar surface area (TPSA) is 55.1 Å². The number of halogens is 1. The fraction of sp³-hybridized carbons (Fsp3) is 0.615. The minimum absolute atomic E-state index is 0.0885. The second-order valence-electron chi connectivity index (χ2n) is 4.40. The van der Waals surface area contributed by atoms with Crippen molar-refractivity contribution >= 4 is 33.2 Å². The molecule has 1 heterocycles. The number of carbonyl (C=O) groups is 1. The Morgan fingerprint density at radius 1 is 1.44 bits per heavy atom. The van der Waals surface area contributed by atoms with Crippen LogP contribution in [0.4, 0.5) is 0 Å². The fourth-order valence-corrected chi connectivity index (χ4v) is 3.41. The van der Waals surface area contributed by atoms with Gasteiger partial charge in [0, 0.05) is 18.0 Å². The summed E-state index contributed by atoms with van der Waals surface area (Å²) in [6.07, 6.45) is 2.45. The lowest BCUT2D eigenvalue weighted by Crippen LogP contribution is -2.45. The minimum atomic E-state index is -0.393. The molecule has 0 aromatic carbocycles. The Hall–Kier alpha value is -0.390. The van der Waals surface area contributed by atoms with Crippen LogP contribution in [-0.4, -0.2) is 19.0 Å². The number of nitrogens with one attached hydrogen (secondary N) is 1. The minimum Gasteiger partial charge on any atom is -0.355 e. The van der Waals surface area contributed by atoms with Gasteiger partial charge in [0.25, 0.3) is 0 Å². The third kappa shape index (κ3) is 3.80. The SMILES string of the molecule is CCC(CC)(CN)C(=O)NCCc1ccc(Br)s1. The Morgan fingerprint density at radius 2 is 2.11 bits per heavy atom. The molecule has 1 aromatic rings. The number of thiophene rings is 1. The molecular formula is C13H21BrN2OS. The molecule has 0 spiro atoms. The summed E-state index contributed by atoms with van der Waals surface area (Å²) in [4.78, 5) is 13.4. The quantitative estimate of drug-likeness (QED) is 0.806. The van der Waals surface area contributed by atoms with E-state index < -0.39 is 5.41 Å². The molecule has 102 valence electrons. The first-order valence-electron chi connectivity index (χ1n) is 6.30. The standard InChI is InChI=1S/C13H21BrN2OS/c1-3-13(4-2,9-15)12(17)16-8-7-10-5-6-11(14)18-10/h5-6H,3-4,7-9,15H2,1-2H3,(H,16,17). The van der Waals surface area contributed by atoms with Gasteiger partial charge in [-0.2, -0.15) is 0 Å². The van der Waals surface area contributed by atoms with Crippen LogP contribution in [0.5, 0.6) is 0 Å². The molecule has 0 atom stereocenters. The maximum atomic E-state index is 12.2. The Kier molecular flexibility index (Phi) is 6.32. The summed E-state index contributed by atoms with van der Waals surface area (Å²) >= 11 is 5.14. The highest BCUT2D eigenvalue weighted by atomic mass is 79.9. The zero-order valence-electron chi connectivity index (χ0n) is 11.0. The van der Waals surface area contributed by atoms with Gasteiger partial charge in [0.1, 0.15) is 0 Å². The maximum Gasteiger partial charge on any atom is 0.227 e. The first kappa shape index (κ1) is 15.7. The van der Waals surface area contributed by atoms with Crippen molar-refractivity contribution in [2.45, 2.75) is 33.1 Å². The number of rotatable bonds is 7. The lowest BCUT2D eigenvalue weighted by atomic mass is 9.81. The number of nitrogens with two attached hydrogens (primary N) is 1. The van der Waals surface area contributed by atoms with E-state index >= 15 is 0 Å². The van der Waals surface area contributed by atoms with Gasteiger partial charge >= 0.3 is 0 Å². The molecule has 1 amide bonds. The zero-order chi connectivity index (χ0) is 13.6. The van der Waals surface area contributed by atoms with Crippen LogP contribution in [0.25, 0.3) is 0 Å². The predicted molar refractivity (Wildman–Crippen MR) is 80.8 cm³/mol. The molecule has 0 unspecified atom stereocenters. The fourth-order valence-electron chi connectivity index (χ4n) is 1.93. The summed E-state index contributed by atoms with van der Waals surface area (Å²) in [6, 6.07) is 4.11. The average molecular weight is 333 g/mol. The van der Waals surface area contributed by atoms with Crippen LogP contribution in [0.2, 0.25) is 0 Å². The molecule has 0 fully saturated rings. The van der Waals surface area contributed by atoms with E-state index in [0.717, 1.165) is 23.0 Å². The summed E-state index contributed by atoms with van der Waals surface area (Å²) in [6.45, 7) is 5.13. The van der Waals surface area contributed by atoms with E-state index in [1.807, 2.05) is 19.9 Å². The third-order valence-corrected chi connectivity index (χ3v) is 5.20. The summed E-state index contributed by atoms with van der Waals surface area (Å²) in [5, 5.41) is 3.01. The van der Waals surface area contributed by atoms with Crippen molar-refractivity contribution < 1.29 is 4.79 Å². The van der Waals surface area contributed by atoms with Crippen molar-refractivity contribution in [2.75, 3.05) is 13.1 Å². The van der Waals surface area contributed by atoms with Crippen molar-refractivity contribution in [3.05, 3.63) is 20.8 Å². The molecule has 18 heavy (non-hydrogen) atoms. The monoisotopic (exact) mass is 332 g/mol. The third-order valence-electron chi connectivity index (χ3n) is 3.51. The lowest BCUT2D eigenvalue weighted by Gasteiger charge is -2.28. The van der Waals surface area contributed by atoms with Crippen molar-refractivity contribution in [2.24, 2.45) is 11.1 Å². The van der Waals surface area contributed by atoms with Crippen LogP contribution in [0.1, 0.15) is 31.6 Å². The van der Waals surface area contributed by atoms with E-state index in [2.05, 4.69) is 27.3 Å². The summed E-state index contributed by atoms with van der Waals surface area (Å²) in [5.74, 6) is 0.0885. The van der Waals surface area contributed by atoms with Gasteiger partial charge in [-0.1, -0.05) is 13.8 Å². The van der Waals surface area contributed by atoms with Gasteiger partial charge in [0.2, 0.25) is 5.91 Å².